The van der Waals surface area contributed by atoms with E-state index in [1.54, 1.807) is 7.11 Å². The number of hydrogen-bond acceptors (Lipinski definition) is 6. The van der Waals surface area contributed by atoms with Crippen LogP contribution < -0.4 is 15.2 Å². The van der Waals surface area contributed by atoms with Crippen molar-refractivity contribution in [2.24, 2.45) is 0 Å². The highest BCUT2D eigenvalue weighted by Crippen LogP contribution is 2.21. The lowest BCUT2D eigenvalue weighted by Gasteiger charge is -2.05. The number of aromatic amines is 1. The number of carbonyl (C=O) groups excluding carboxylic acids is 1. The van der Waals surface area contributed by atoms with Crippen molar-refractivity contribution in [3.8, 4) is 17.1 Å². The van der Waals surface area contributed by atoms with Gasteiger partial charge in [0.05, 0.1) is 26.2 Å². The number of benzene rings is 1. The van der Waals surface area contributed by atoms with E-state index in [1.165, 1.54) is 32.4 Å². The summed E-state index contributed by atoms with van der Waals surface area (Å²) in [5.41, 5.74) is 0.851. The highest BCUT2D eigenvalue weighted by molar-refractivity contribution is 7.99. The number of H-pyrrole nitrogens is 1. The minimum Gasteiger partial charge on any atom is -0.549 e. The molecule has 3 N–H and O–H groups in total. The molecule has 24 heavy (non-hydrogen) atoms. The summed E-state index contributed by atoms with van der Waals surface area (Å²) < 4.78 is 5.05. The van der Waals surface area contributed by atoms with E-state index in [0.717, 1.165) is 23.1 Å². The van der Waals surface area contributed by atoms with E-state index in [1.807, 2.05) is 24.3 Å². The van der Waals surface area contributed by atoms with E-state index in [4.69, 9.17) is 4.74 Å². The second-order valence-corrected chi connectivity index (χ2v) is 6.22. The number of rotatable bonds is 5. The minimum absolute atomic E-state index is 0.167. The predicted molar refractivity (Wildman–Crippen MR) is 89.6 cm³/mol. The Morgan fingerprint density at radius 2 is 2.00 bits per heavy atom. The van der Waals surface area contributed by atoms with E-state index < -0.39 is 5.97 Å². The number of nitrogens with one attached hydrogen (secondary N) is 1. The molecule has 1 aliphatic heterocycles. The van der Waals surface area contributed by atoms with Gasteiger partial charge in [0, 0.05) is 11.3 Å². The number of nitrogens with zero attached hydrogens (tertiary/aromatic N) is 2. The number of carbonyl (C=O) groups is 1. The normalized spacial score (nSPS) is 13.7. The molecule has 0 unspecified atom stereocenters. The summed E-state index contributed by atoms with van der Waals surface area (Å²) in [6, 6.07) is 7.30. The van der Waals surface area contributed by atoms with Crippen molar-refractivity contribution < 1.29 is 20.0 Å². The molecule has 0 amide bonds. The van der Waals surface area contributed by atoms with Crippen LogP contribution in [0.25, 0.3) is 11.4 Å². The first-order chi connectivity index (χ1) is 11.7. The summed E-state index contributed by atoms with van der Waals surface area (Å²) in [6.45, 7) is 2.75. The SMILES string of the molecule is C1CC[NH2+]CC1.COc1ccc(-c2nc(SCC(=O)[O-])n[nH]2)cc1. The molecule has 0 radical (unpaired) electrons. The van der Waals surface area contributed by atoms with Gasteiger partial charge in [0.25, 0.3) is 0 Å². The Morgan fingerprint density at radius 3 is 2.50 bits per heavy atom. The van der Waals surface area contributed by atoms with Crippen molar-refractivity contribution >= 4 is 17.7 Å². The number of carboxylic acids is 1. The van der Waals surface area contributed by atoms with Gasteiger partial charge in [-0.25, -0.2) is 4.98 Å². The summed E-state index contributed by atoms with van der Waals surface area (Å²) in [4.78, 5) is 14.5. The Hall–Kier alpha value is -2.06. The zero-order valence-corrected chi connectivity index (χ0v) is 14.5. The largest absolute Gasteiger partial charge is 0.549 e. The van der Waals surface area contributed by atoms with Crippen LogP contribution in [0.2, 0.25) is 0 Å². The first-order valence-corrected chi connectivity index (χ1v) is 8.88. The van der Waals surface area contributed by atoms with Gasteiger partial charge in [0.1, 0.15) is 5.75 Å². The maximum absolute atomic E-state index is 10.3. The third kappa shape index (κ3) is 6.21. The molecule has 0 atom stereocenters. The molecule has 130 valence electrons. The quantitative estimate of drug-likeness (QED) is 0.738. The molecule has 7 nitrogen and oxygen atoms in total. The van der Waals surface area contributed by atoms with Crippen LogP contribution in [-0.4, -0.2) is 47.1 Å². The topological polar surface area (TPSA) is 108 Å². The number of piperidine rings is 1. The molecule has 1 aliphatic rings. The summed E-state index contributed by atoms with van der Waals surface area (Å²) in [7, 11) is 1.60. The molecule has 3 rings (SSSR count). The number of quaternary nitrogens is 1. The van der Waals surface area contributed by atoms with Gasteiger partial charge in [-0.15, -0.1) is 5.10 Å². The first kappa shape index (κ1) is 18.3. The smallest absolute Gasteiger partial charge is 0.209 e. The lowest BCUT2D eigenvalue weighted by molar-refractivity contribution is -0.662. The van der Waals surface area contributed by atoms with Crippen molar-refractivity contribution in [1.82, 2.24) is 15.2 Å². The molecular weight excluding hydrogens is 328 g/mol. The van der Waals surface area contributed by atoms with Crippen molar-refractivity contribution in [1.29, 1.82) is 0 Å². The number of methoxy groups -OCH3 is 1. The fraction of sp³-hybridized carbons (Fsp3) is 0.438. The van der Waals surface area contributed by atoms with Crippen molar-refractivity contribution in [3.05, 3.63) is 24.3 Å². The first-order valence-electron chi connectivity index (χ1n) is 7.90. The zero-order chi connectivity index (χ0) is 17.2. The highest BCUT2D eigenvalue weighted by Gasteiger charge is 2.06. The van der Waals surface area contributed by atoms with Crippen LogP contribution in [0.5, 0.6) is 5.75 Å². The monoisotopic (exact) mass is 350 g/mol. The van der Waals surface area contributed by atoms with E-state index >= 15 is 0 Å². The molecule has 0 spiro atoms. The summed E-state index contributed by atoms with van der Waals surface area (Å²) >= 11 is 1.01. The molecule has 1 saturated heterocycles. The van der Waals surface area contributed by atoms with Crippen LogP contribution >= 0.6 is 11.8 Å². The number of ether oxygens (including phenoxy) is 1. The number of hydrogen-bond donors (Lipinski definition) is 2. The standard InChI is InChI=1S/C11H11N3O3S.C5H11N/c1-17-8-4-2-7(3-5-8)10-12-11(14-13-10)18-6-9(15)16;1-2-4-6-5-3-1/h2-5H,6H2,1H3,(H,15,16)(H,12,13,14);6H,1-5H2. The van der Waals surface area contributed by atoms with Crippen LogP contribution in [0.4, 0.5) is 0 Å². The number of aromatic nitrogens is 3. The van der Waals surface area contributed by atoms with Gasteiger partial charge in [-0.2, -0.15) is 0 Å². The summed E-state index contributed by atoms with van der Waals surface area (Å²) in [5, 5.41) is 19.7. The van der Waals surface area contributed by atoms with E-state index in [2.05, 4.69) is 20.5 Å². The summed E-state index contributed by atoms with van der Waals surface area (Å²) in [5.74, 6) is 0.0269. The van der Waals surface area contributed by atoms with Crippen molar-refractivity contribution in [2.45, 2.75) is 24.4 Å². The Morgan fingerprint density at radius 1 is 1.29 bits per heavy atom. The third-order valence-electron chi connectivity index (χ3n) is 3.46. The number of thioether (sulfide) groups is 1. The predicted octanol–water partition coefficient (Wildman–Crippen LogP) is 0.0560. The molecule has 1 fully saturated rings. The lowest BCUT2D eigenvalue weighted by atomic mass is 10.2. The van der Waals surface area contributed by atoms with E-state index in [-0.39, 0.29) is 5.75 Å². The molecule has 8 heteroatoms. The van der Waals surface area contributed by atoms with Crippen molar-refractivity contribution in [3.63, 3.8) is 0 Å². The fourth-order valence-electron chi connectivity index (χ4n) is 2.21. The van der Waals surface area contributed by atoms with Gasteiger partial charge in [-0.1, -0.05) is 11.8 Å². The number of aliphatic carboxylic acids is 1. The Balaban J connectivity index is 0.000000292. The highest BCUT2D eigenvalue weighted by atomic mass is 32.2. The molecular formula is C16H22N4O3S. The van der Waals surface area contributed by atoms with Crippen LogP contribution in [0.15, 0.2) is 29.4 Å². The lowest BCUT2D eigenvalue weighted by Crippen LogP contribution is -2.85. The molecule has 2 aromatic rings. The maximum atomic E-state index is 10.3. The minimum atomic E-state index is -1.14. The van der Waals surface area contributed by atoms with Gasteiger partial charge in [0.2, 0.25) is 5.16 Å². The molecule has 1 aromatic carbocycles. The Labute approximate surface area is 145 Å². The van der Waals surface area contributed by atoms with Crippen LogP contribution in [-0.2, 0) is 4.79 Å². The second kappa shape index (κ2) is 9.94. The van der Waals surface area contributed by atoms with Gasteiger partial charge in [-0.05, 0) is 43.5 Å². The third-order valence-corrected chi connectivity index (χ3v) is 4.28. The molecule has 0 bridgehead atoms. The number of carboxylic acid groups (broad SMARTS) is 1. The second-order valence-electron chi connectivity index (χ2n) is 5.28. The van der Waals surface area contributed by atoms with Gasteiger partial charge >= 0.3 is 0 Å². The molecule has 0 saturated carbocycles. The Bertz CT molecular complexity index is 615. The molecule has 2 heterocycles. The zero-order valence-electron chi connectivity index (χ0n) is 13.7. The van der Waals surface area contributed by atoms with Gasteiger partial charge in [0.15, 0.2) is 5.82 Å². The maximum Gasteiger partial charge on any atom is 0.209 e. The van der Waals surface area contributed by atoms with Crippen LogP contribution in [0.3, 0.4) is 0 Å². The van der Waals surface area contributed by atoms with E-state index in [0.29, 0.717) is 11.0 Å². The fourth-order valence-corrected chi connectivity index (χ4v) is 2.72. The average molecular weight is 350 g/mol. The average Bonchev–Trinajstić information content (AvgIpc) is 3.11. The summed E-state index contributed by atoms with van der Waals surface area (Å²) in [6.07, 6.45) is 4.36. The number of nitrogens with two attached hydrogens (primary N) is 1. The Kier molecular flexibility index (Phi) is 7.57. The molecule has 1 aromatic heterocycles. The van der Waals surface area contributed by atoms with Gasteiger partial charge in [-0.3, -0.25) is 5.10 Å². The molecule has 0 aliphatic carbocycles. The van der Waals surface area contributed by atoms with E-state index in [9.17, 15) is 9.90 Å². The van der Waals surface area contributed by atoms with Crippen LogP contribution in [0, 0.1) is 0 Å². The van der Waals surface area contributed by atoms with Crippen molar-refractivity contribution in [2.75, 3.05) is 26.0 Å². The van der Waals surface area contributed by atoms with Crippen LogP contribution in [0.1, 0.15) is 19.3 Å². The van der Waals surface area contributed by atoms with Gasteiger partial charge < -0.3 is 20.0 Å².